The summed E-state index contributed by atoms with van der Waals surface area (Å²) < 4.78 is 15.7. The number of esters is 1. The number of nitrogens with one attached hydrogen (secondary N) is 1. The van der Waals surface area contributed by atoms with Crippen molar-refractivity contribution in [3.63, 3.8) is 0 Å². The fourth-order valence-corrected chi connectivity index (χ4v) is 3.13. The minimum atomic E-state index is -0.424. The molecule has 0 saturated heterocycles. The van der Waals surface area contributed by atoms with Crippen molar-refractivity contribution in [2.45, 2.75) is 20.3 Å². The van der Waals surface area contributed by atoms with Crippen molar-refractivity contribution in [2.24, 2.45) is 0 Å². The molecule has 0 aliphatic carbocycles. The molecule has 0 amide bonds. The molecule has 0 radical (unpaired) electrons. The summed E-state index contributed by atoms with van der Waals surface area (Å²) in [6, 6.07) is 3.82. The van der Waals surface area contributed by atoms with Crippen LogP contribution in [0.4, 0.5) is 0 Å². The van der Waals surface area contributed by atoms with Crippen molar-refractivity contribution in [3.8, 4) is 11.5 Å². The molecular weight excluding hydrogens is 308 g/mol. The number of hydrogen-bond acceptors (Lipinski definition) is 5. The summed E-state index contributed by atoms with van der Waals surface area (Å²) in [5.41, 5.74) is 3.78. The first kappa shape index (κ1) is 16.1. The van der Waals surface area contributed by atoms with Crippen LogP contribution in [0.25, 0.3) is 21.8 Å². The number of rotatable bonds is 4. The molecule has 0 atom stereocenters. The third-order valence-corrected chi connectivity index (χ3v) is 4.26. The number of carbonyl (C=O) groups excluding carboxylic acids is 1. The number of aryl methyl sites for hydroxylation is 2. The molecule has 2 heterocycles. The minimum Gasteiger partial charge on any atom is -0.493 e. The van der Waals surface area contributed by atoms with Crippen molar-refractivity contribution >= 4 is 27.8 Å². The lowest BCUT2D eigenvalue weighted by Crippen LogP contribution is -2.10. The van der Waals surface area contributed by atoms with E-state index in [-0.39, 0.29) is 0 Å². The van der Waals surface area contributed by atoms with Gasteiger partial charge in [0.25, 0.3) is 0 Å². The quantitative estimate of drug-likeness (QED) is 0.743. The van der Waals surface area contributed by atoms with Gasteiger partial charge in [0.1, 0.15) is 0 Å². The Bertz CT molecular complexity index is 943. The summed E-state index contributed by atoms with van der Waals surface area (Å²) in [5.74, 6) is 0.863. The van der Waals surface area contributed by atoms with Crippen molar-refractivity contribution in [1.29, 1.82) is 0 Å². The van der Waals surface area contributed by atoms with Gasteiger partial charge in [-0.3, -0.25) is 0 Å². The highest BCUT2D eigenvalue weighted by molar-refractivity contribution is 6.12. The van der Waals surface area contributed by atoms with Gasteiger partial charge in [-0.05, 0) is 25.0 Å². The molecular formula is C18H20N2O4. The topological polar surface area (TPSA) is 73.4 Å². The van der Waals surface area contributed by atoms with E-state index in [2.05, 4.69) is 9.97 Å². The summed E-state index contributed by atoms with van der Waals surface area (Å²) in [7, 11) is 4.57. The second-order valence-corrected chi connectivity index (χ2v) is 5.50. The first-order chi connectivity index (χ1) is 11.5. The van der Waals surface area contributed by atoms with Crippen molar-refractivity contribution in [2.75, 3.05) is 21.3 Å². The average molecular weight is 328 g/mol. The van der Waals surface area contributed by atoms with E-state index in [0.717, 1.165) is 33.1 Å². The van der Waals surface area contributed by atoms with E-state index in [9.17, 15) is 4.79 Å². The zero-order valence-electron chi connectivity index (χ0n) is 14.4. The van der Waals surface area contributed by atoms with Crippen LogP contribution >= 0.6 is 0 Å². The van der Waals surface area contributed by atoms with Gasteiger partial charge in [0.2, 0.25) is 0 Å². The number of H-pyrrole nitrogens is 1. The fraction of sp³-hybridized carbons (Fsp3) is 0.333. The van der Waals surface area contributed by atoms with Gasteiger partial charge in [0.05, 0.1) is 38.1 Å². The number of pyridine rings is 1. The summed E-state index contributed by atoms with van der Waals surface area (Å²) >= 11 is 0. The fourth-order valence-electron chi connectivity index (χ4n) is 3.13. The Morgan fingerprint density at radius 1 is 1.17 bits per heavy atom. The van der Waals surface area contributed by atoms with Crippen LogP contribution in [0, 0.1) is 6.92 Å². The molecule has 0 spiro atoms. The number of fused-ring (bicyclic) bond motifs is 3. The second-order valence-electron chi connectivity index (χ2n) is 5.50. The lowest BCUT2D eigenvalue weighted by atomic mass is 10.0. The molecule has 126 valence electrons. The minimum absolute atomic E-state index is 0.362. The smallest absolute Gasteiger partial charge is 0.356 e. The monoisotopic (exact) mass is 328 g/mol. The van der Waals surface area contributed by atoms with Crippen LogP contribution in [0.5, 0.6) is 11.5 Å². The highest BCUT2D eigenvalue weighted by atomic mass is 16.5. The number of nitrogens with zero attached hydrogens (tertiary/aromatic N) is 1. The van der Waals surface area contributed by atoms with Crippen LogP contribution in [0.15, 0.2) is 12.1 Å². The van der Waals surface area contributed by atoms with Crippen molar-refractivity contribution in [3.05, 3.63) is 29.1 Å². The van der Waals surface area contributed by atoms with Crippen LogP contribution < -0.4 is 9.47 Å². The number of carbonyl (C=O) groups is 1. The highest BCUT2D eigenvalue weighted by Gasteiger charge is 2.21. The third-order valence-electron chi connectivity index (χ3n) is 4.26. The first-order valence-electron chi connectivity index (χ1n) is 7.70. The molecule has 0 fully saturated rings. The normalized spacial score (nSPS) is 11.0. The van der Waals surface area contributed by atoms with Crippen LogP contribution in [-0.2, 0) is 11.2 Å². The lowest BCUT2D eigenvalue weighted by molar-refractivity contribution is 0.0593. The van der Waals surface area contributed by atoms with Gasteiger partial charge >= 0.3 is 5.97 Å². The van der Waals surface area contributed by atoms with Crippen LogP contribution in [0.1, 0.15) is 28.7 Å². The maximum Gasteiger partial charge on any atom is 0.356 e. The van der Waals surface area contributed by atoms with Crippen LogP contribution in [0.3, 0.4) is 0 Å². The predicted octanol–water partition coefficient (Wildman–Crippen LogP) is 3.39. The average Bonchev–Trinajstić information content (AvgIpc) is 2.98. The predicted molar refractivity (Wildman–Crippen MR) is 92.2 cm³/mol. The largest absolute Gasteiger partial charge is 0.493 e. The number of aromatic amines is 1. The van der Waals surface area contributed by atoms with E-state index in [0.29, 0.717) is 23.6 Å². The Morgan fingerprint density at radius 2 is 1.83 bits per heavy atom. The molecule has 6 nitrogen and oxygen atoms in total. The van der Waals surface area contributed by atoms with E-state index in [1.807, 2.05) is 26.0 Å². The number of benzene rings is 1. The summed E-state index contributed by atoms with van der Waals surface area (Å²) in [4.78, 5) is 20.0. The molecule has 1 N–H and O–H groups in total. The molecule has 24 heavy (non-hydrogen) atoms. The SMILES string of the molecule is CCc1c(C(=O)OC)nc(C)c2[nH]c3cc(OC)c(OC)cc3c12. The zero-order valence-corrected chi connectivity index (χ0v) is 14.4. The highest BCUT2D eigenvalue weighted by Crippen LogP contribution is 2.38. The molecule has 0 unspecified atom stereocenters. The van der Waals surface area contributed by atoms with Gasteiger partial charge in [0, 0.05) is 16.8 Å². The number of hydrogen-bond donors (Lipinski definition) is 1. The van der Waals surface area contributed by atoms with Gasteiger partial charge in [-0.1, -0.05) is 6.92 Å². The second kappa shape index (κ2) is 6.03. The maximum atomic E-state index is 12.1. The summed E-state index contributed by atoms with van der Waals surface area (Å²) in [5, 5.41) is 1.94. The van der Waals surface area contributed by atoms with Gasteiger partial charge < -0.3 is 19.2 Å². The van der Waals surface area contributed by atoms with Crippen molar-refractivity contribution < 1.29 is 19.0 Å². The van der Waals surface area contributed by atoms with Gasteiger partial charge in [-0.2, -0.15) is 0 Å². The van der Waals surface area contributed by atoms with E-state index >= 15 is 0 Å². The molecule has 3 aromatic rings. The van der Waals surface area contributed by atoms with E-state index in [1.54, 1.807) is 14.2 Å². The maximum absolute atomic E-state index is 12.1. The summed E-state index contributed by atoms with van der Waals surface area (Å²) in [6.07, 6.45) is 0.662. The molecule has 1 aromatic carbocycles. The first-order valence-corrected chi connectivity index (χ1v) is 7.70. The number of aromatic nitrogens is 2. The standard InChI is InChI=1S/C18H20N2O4/c1-6-10-15-11-7-13(22-3)14(23-4)8-12(11)20-16(15)9(2)19-17(10)18(21)24-5/h7-8,20H,6H2,1-5H3. The van der Waals surface area contributed by atoms with Crippen molar-refractivity contribution in [1.82, 2.24) is 9.97 Å². The van der Waals surface area contributed by atoms with Gasteiger partial charge in [-0.15, -0.1) is 0 Å². The van der Waals surface area contributed by atoms with E-state index in [4.69, 9.17) is 14.2 Å². The van der Waals surface area contributed by atoms with Crippen LogP contribution in [-0.4, -0.2) is 37.3 Å². The lowest BCUT2D eigenvalue weighted by Gasteiger charge is -2.10. The molecule has 0 bridgehead atoms. The summed E-state index contributed by atoms with van der Waals surface area (Å²) in [6.45, 7) is 3.87. The number of methoxy groups -OCH3 is 3. The molecule has 2 aromatic heterocycles. The van der Waals surface area contributed by atoms with E-state index in [1.165, 1.54) is 7.11 Å². The molecule has 3 rings (SSSR count). The van der Waals surface area contributed by atoms with Crippen LogP contribution in [0.2, 0.25) is 0 Å². The Morgan fingerprint density at radius 3 is 2.42 bits per heavy atom. The Balaban J connectivity index is 2.47. The Labute approximate surface area is 139 Å². The molecule has 0 aliphatic rings. The Kier molecular flexibility index (Phi) is 4.05. The molecule has 0 saturated carbocycles. The van der Waals surface area contributed by atoms with Gasteiger partial charge in [-0.25, -0.2) is 9.78 Å². The van der Waals surface area contributed by atoms with E-state index < -0.39 is 5.97 Å². The van der Waals surface area contributed by atoms with Gasteiger partial charge in [0.15, 0.2) is 17.2 Å². The molecule has 6 heteroatoms. The number of ether oxygens (including phenoxy) is 3. The Hall–Kier alpha value is -2.76. The third kappa shape index (κ3) is 2.26. The zero-order chi connectivity index (χ0) is 17.4. The molecule has 0 aliphatic heterocycles.